The van der Waals surface area contributed by atoms with Gasteiger partial charge in [0.05, 0.1) is 12.5 Å². The smallest absolute Gasteiger partial charge is 0.329 e. The van der Waals surface area contributed by atoms with E-state index in [-0.39, 0.29) is 18.9 Å². The van der Waals surface area contributed by atoms with Gasteiger partial charge in [0.15, 0.2) is 6.61 Å². The van der Waals surface area contributed by atoms with Gasteiger partial charge in [-0.3, -0.25) is 9.59 Å². The molecule has 140 valence electrons. The van der Waals surface area contributed by atoms with Crippen molar-refractivity contribution in [3.8, 4) is 6.07 Å². The summed E-state index contributed by atoms with van der Waals surface area (Å²) >= 11 is 1.54. The lowest BCUT2D eigenvalue weighted by Crippen LogP contribution is -2.43. The summed E-state index contributed by atoms with van der Waals surface area (Å²) in [6.07, 6.45) is 2.51. The molecule has 0 heterocycles. The molecule has 0 fully saturated rings. The number of hydrogen-bond donors (Lipinski definition) is 1. The van der Waals surface area contributed by atoms with Crippen molar-refractivity contribution in [2.45, 2.75) is 18.9 Å². The highest BCUT2D eigenvalue weighted by Crippen LogP contribution is 2.06. The highest BCUT2D eigenvalue weighted by Gasteiger charge is 2.23. The number of carbonyl (C=O) groups is 3. The zero-order valence-corrected chi connectivity index (χ0v) is 15.8. The van der Waals surface area contributed by atoms with Gasteiger partial charge < -0.3 is 15.0 Å². The van der Waals surface area contributed by atoms with Crippen LogP contribution in [-0.4, -0.2) is 60.9 Å². The highest BCUT2D eigenvalue weighted by molar-refractivity contribution is 7.98. The minimum Gasteiger partial charge on any atom is -0.454 e. The summed E-state index contributed by atoms with van der Waals surface area (Å²) in [5.41, 5.74) is 0.446. The summed E-state index contributed by atoms with van der Waals surface area (Å²) in [7, 11) is 1.54. The second-order valence-corrected chi connectivity index (χ2v) is 6.49. The molecule has 1 N–H and O–H groups in total. The minimum atomic E-state index is -0.827. The molecule has 0 aliphatic rings. The van der Waals surface area contributed by atoms with E-state index in [1.807, 2.05) is 12.3 Å². The Balaban J connectivity index is 2.61. The Bertz CT molecular complexity index is 646. The number of amides is 2. The van der Waals surface area contributed by atoms with Crippen LogP contribution in [0.3, 0.4) is 0 Å². The molecule has 0 spiro atoms. The Hall–Kier alpha value is -2.53. The lowest BCUT2D eigenvalue weighted by atomic mass is 10.1. The zero-order chi connectivity index (χ0) is 19.4. The lowest BCUT2D eigenvalue weighted by Gasteiger charge is -2.19. The van der Waals surface area contributed by atoms with E-state index >= 15 is 0 Å². The first-order valence-corrected chi connectivity index (χ1v) is 9.51. The van der Waals surface area contributed by atoms with E-state index in [1.165, 1.54) is 11.9 Å². The fourth-order valence-electron chi connectivity index (χ4n) is 2.00. The quantitative estimate of drug-likeness (QED) is 0.620. The van der Waals surface area contributed by atoms with Gasteiger partial charge in [-0.15, -0.1) is 0 Å². The van der Waals surface area contributed by atoms with Gasteiger partial charge in [0.25, 0.3) is 11.8 Å². The van der Waals surface area contributed by atoms with Crippen LogP contribution in [0.15, 0.2) is 30.3 Å². The van der Waals surface area contributed by atoms with Crippen molar-refractivity contribution in [1.82, 2.24) is 10.2 Å². The van der Waals surface area contributed by atoms with Crippen LogP contribution < -0.4 is 5.32 Å². The maximum absolute atomic E-state index is 12.3. The van der Waals surface area contributed by atoms with Crippen molar-refractivity contribution in [3.05, 3.63) is 35.9 Å². The van der Waals surface area contributed by atoms with Crippen molar-refractivity contribution >= 4 is 29.5 Å². The number of carbonyl (C=O) groups excluding carboxylic acids is 3. The van der Waals surface area contributed by atoms with Crippen LogP contribution in [0.1, 0.15) is 23.2 Å². The molecule has 1 rings (SSSR count). The summed E-state index contributed by atoms with van der Waals surface area (Å²) in [6.45, 7) is -0.148. The van der Waals surface area contributed by atoms with Crippen molar-refractivity contribution in [3.63, 3.8) is 0 Å². The topological polar surface area (TPSA) is 99.5 Å². The van der Waals surface area contributed by atoms with Gasteiger partial charge in [-0.05, 0) is 30.6 Å². The maximum Gasteiger partial charge on any atom is 0.329 e. The Morgan fingerprint density at radius 3 is 2.62 bits per heavy atom. The third-order valence-corrected chi connectivity index (χ3v) is 4.20. The normalized spacial score (nSPS) is 11.1. The van der Waals surface area contributed by atoms with Crippen molar-refractivity contribution in [2.24, 2.45) is 0 Å². The average molecular weight is 377 g/mol. The van der Waals surface area contributed by atoms with E-state index in [1.54, 1.807) is 42.1 Å². The molecule has 8 heteroatoms. The van der Waals surface area contributed by atoms with E-state index in [0.29, 0.717) is 17.7 Å². The minimum absolute atomic E-state index is 0.208. The SMILES string of the molecule is CSCC[C@@H](NC(=O)c1ccccc1)C(=O)OCC(=O)N(C)CCC#N. The van der Waals surface area contributed by atoms with Gasteiger partial charge >= 0.3 is 5.97 Å². The Kier molecular flexibility index (Phi) is 9.87. The van der Waals surface area contributed by atoms with Crippen LogP contribution in [-0.2, 0) is 14.3 Å². The Morgan fingerprint density at radius 2 is 2.00 bits per heavy atom. The second kappa shape index (κ2) is 11.9. The summed E-state index contributed by atoms with van der Waals surface area (Å²) < 4.78 is 5.06. The number of rotatable bonds is 10. The zero-order valence-electron chi connectivity index (χ0n) is 14.9. The standard InChI is InChI=1S/C18H23N3O4S/c1-21(11-6-10-19)16(22)13-25-18(24)15(9-12-26-2)20-17(23)14-7-4-3-5-8-14/h3-5,7-8,15H,6,9,11-13H2,1-2H3,(H,20,23)/t15-/m1/s1. The van der Waals surface area contributed by atoms with E-state index < -0.39 is 24.5 Å². The third-order valence-electron chi connectivity index (χ3n) is 3.56. The van der Waals surface area contributed by atoms with E-state index in [0.717, 1.165) is 0 Å². The highest BCUT2D eigenvalue weighted by atomic mass is 32.2. The van der Waals surface area contributed by atoms with Gasteiger partial charge in [-0.2, -0.15) is 17.0 Å². The molecule has 2 amide bonds. The molecular formula is C18H23N3O4S. The molecule has 26 heavy (non-hydrogen) atoms. The second-order valence-electron chi connectivity index (χ2n) is 5.50. The molecule has 7 nitrogen and oxygen atoms in total. The molecule has 0 saturated heterocycles. The summed E-state index contributed by atoms with van der Waals surface area (Å²) in [6, 6.07) is 9.69. The Morgan fingerprint density at radius 1 is 1.31 bits per heavy atom. The fraction of sp³-hybridized carbons (Fsp3) is 0.444. The predicted molar refractivity (Wildman–Crippen MR) is 99.5 cm³/mol. The third kappa shape index (κ3) is 7.57. The van der Waals surface area contributed by atoms with E-state index in [2.05, 4.69) is 5.32 Å². The number of nitrogens with one attached hydrogen (secondary N) is 1. The molecule has 1 aromatic carbocycles. The van der Waals surface area contributed by atoms with Crippen LogP contribution in [0.5, 0.6) is 0 Å². The van der Waals surface area contributed by atoms with Crippen molar-refractivity contribution in [2.75, 3.05) is 32.2 Å². The first-order valence-electron chi connectivity index (χ1n) is 8.12. The molecule has 0 saturated carbocycles. The first kappa shape index (κ1) is 21.5. The number of ether oxygens (including phenoxy) is 1. The van der Waals surface area contributed by atoms with E-state index in [4.69, 9.17) is 10.00 Å². The molecular weight excluding hydrogens is 354 g/mol. The maximum atomic E-state index is 12.3. The van der Waals surface area contributed by atoms with Gasteiger partial charge in [-0.25, -0.2) is 4.79 Å². The van der Waals surface area contributed by atoms with Crippen LogP contribution in [0.25, 0.3) is 0 Å². The first-order chi connectivity index (χ1) is 12.5. The number of nitriles is 1. The lowest BCUT2D eigenvalue weighted by molar-refractivity contribution is -0.153. The number of benzene rings is 1. The van der Waals surface area contributed by atoms with Crippen LogP contribution in [0, 0.1) is 11.3 Å². The molecule has 0 aliphatic carbocycles. The van der Waals surface area contributed by atoms with Crippen LogP contribution in [0.4, 0.5) is 0 Å². The van der Waals surface area contributed by atoms with Crippen LogP contribution >= 0.6 is 11.8 Å². The average Bonchev–Trinajstić information content (AvgIpc) is 2.67. The van der Waals surface area contributed by atoms with Gasteiger partial charge in [-0.1, -0.05) is 18.2 Å². The largest absolute Gasteiger partial charge is 0.454 e. The number of nitrogens with zero attached hydrogens (tertiary/aromatic N) is 2. The molecule has 0 bridgehead atoms. The molecule has 0 aromatic heterocycles. The molecule has 0 unspecified atom stereocenters. The molecule has 1 atom stereocenters. The number of esters is 1. The van der Waals surface area contributed by atoms with E-state index in [9.17, 15) is 14.4 Å². The number of likely N-dealkylation sites (N-methyl/N-ethyl adjacent to an activating group) is 1. The molecule has 0 radical (unpaired) electrons. The van der Waals surface area contributed by atoms with Gasteiger partial charge in [0, 0.05) is 19.2 Å². The number of hydrogen-bond acceptors (Lipinski definition) is 6. The number of thioether (sulfide) groups is 1. The summed E-state index contributed by atoms with van der Waals surface area (Å²) in [5, 5.41) is 11.2. The van der Waals surface area contributed by atoms with Crippen molar-refractivity contribution in [1.29, 1.82) is 5.26 Å². The molecule has 0 aliphatic heterocycles. The molecule has 1 aromatic rings. The van der Waals surface area contributed by atoms with Gasteiger partial charge in [0.2, 0.25) is 0 Å². The van der Waals surface area contributed by atoms with Crippen LogP contribution in [0.2, 0.25) is 0 Å². The predicted octanol–water partition coefficient (Wildman–Crippen LogP) is 1.45. The summed E-state index contributed by atoms with van der Waals surface area (Å²) in [5.74, 6) is -0.756. The van der Waals surface area contributed by atoms with Crippen molar-refractivity contribution < 1.29 is 19.1 Å². The van der Waals surface area contributed by atoms with Gasteiger partial charge in [0.1, 0.15) is 6.04 Å². The monoisotopic (exact) mass is 377 g/mol. The Labute approximate surface area is 157 Å². The fourth-order valence-corrected chi connectivity index (χ4v) is 2.47. The summed E-state index contributed by atoms with van der Waals surface area (Å²) in [4.78, 5) is 37.8.